The molecule has 4 nitrogen and oxygen atoms in total. The molecule has 2 aromatic carbocycles. The SMILES string of the molecule is CCn1c2c(c3cc(-c4ccc(C)cc4)ccc31)CN(C(=O)OC(C)(C)C)CC2. The van der Waals surface area contributed by atoms with Gasteiger partial charge in [0.05, 0.1) is 6.54 Å². The lowest BCUT2D eigenvalue weighted by Crippen LogP contribution is -2.40. The van der Waals surface area contributed by atoms with Crippen molar-refractivity contribution in [3.8, 4) is 11.1 Å². The summed E-state index contributed by atoms with van der Waals surface area (Å²) >= 11 is 0. The van der Waals surface area contributed by atoms with E-state index >= 15 is 0 Å². The molecule has 29 heavy (non-hydrogen) atoms. The van der Waals surface area contributed by atoms with Crippen molar-refractivity contribution in [3.63, 3.8) is 0 Å². The van der Waals surface area contributed by atoms with E-state index in [0.717, 1.165) is 13.0 Å². The molecule has 1 aromatic heterocycles. The molecule has 2 heterocycles. The van der Waals surface area contributed by atoms with Gasteiger partial charge in [0.15, 0.2) is 0 Å². The maximum atomic E-state index is 12.7. The van der Waals surface area contributed by atoms with E-state index in [-0.39, 0.29) is 6.09 Å². The molecule has 152 valence electrons. The zero-order valence-electron chi connectivity index (χ0n) is 18.1. The third kappa shape index (κ3) is 3.76. The molecule has 1 amide bonds. The Hall–Kier alpha value is -2.75. The summed E-state index contributed by atoms with van der Waals surface area (Å²) in [6.07, 6.45) is 0.631. The normalized spacial score (nSPS) is 14.2. The molecule has 0 bridgehead atoms. The molecule has 1 aliphatic heterocycles. The topological polar surface area (TPSA) is 34.5 Å². The minimum Gasteiger partial charge on any atom is -0.444 e. The average molecular weight is 391 g/mol. The van der Waals surface area contributed by atoms with E-state index in [1.807, 2.05) is 25.7 Å². The molecule has 0 N–H and O–H groups in total. The van der Waals surface area contributed by atoms with Crippen LogP contribution in [0, 0.1) is 6.92 Å². The van der Waals surface area contributed by atoms with Crippen molar-refractivity contribution in [3.05, 3.63) is 59.3 Å². The van der Waals surface area contributed by atoms with Crippen LogP contribution in [0.3, 0.4) is 0 Å². The maximum absolute atomic E-state index is 12.7. The lowest BCUT2D eigenvalue weighted by atomic mass is 9.99. The Kier molecular flexibility index (Phi) is 4.89. The Balaban J connectivity index is 1.75. The van der Waals surface area contributed by atoms with Crippen LogP contribution in [0.4, 0.5) is 4.79 Å². The standard InChI is InChI=1S/C25H30N2O2/c1-6-27-22-12-11-19(18-9-7-17(2)8-10-18)15-20(22)21-16-26(14-13-23(21)27)24(28)29-25(3,4)5/h7-12,15H,6,13-14,16H2,1-5H3. The summed E-state index contributed by atoms with van der Waals surface area (Å²) in [6, 6.07) is 15.4. The summed E-state index contributed by atoms with van der Waals surface area (Å²) in [7, 11) is 0. The highest BCUT2D eigenvalue weighted by atomic mass is 16.6. The molecule has 1 aliphatic rings. The van der Waals surface area contributed by atoms with Gasteiger partial charge in [0, 0.05) is 41.7 Å². The van der Waals surface area contributed by atoms with E-state index in [9.17, 15) is 4.79 Å². The number of fused-ring (bicyclic) bond motifs is 3. The first-order valence-electron chi connectivity index (χ1n) is 10.5. The van der Waals surface area contributed by atoms with Crippen LogP contribution in [-0.2, 0) is 24.2 Å². The lowest BCUT2D eigenvalue weighted by Gasteiger charge is -2.30. The minimum absolute atomic E-state index is 0.227. The van der Waals surface area contributed by atoms with Gasteiger partial charge in [0.2, 0.25) is 0 Å². The monoisotopic (exact) mass is 390 g/mol. The van der Waals surface area contributed by atoms with E-state index in [1.54, 1.807) is 0 Å². The molecule has 0 saturated heterocycles. The number of hydrogen-bond acceptors (Lipinski definition) is 2. The number of aromatic nitrogens is 1. The van der Waals surface area contributed by atoms with Crippen LogP contribution in [0.15, 0.2) is 42.5 Å². The zero-order chi connectivity index (χ0) is 20.8. The second-order valence-corrected chi connectivity index (χ2v) is 8.92. The summed E-state index contributed by atoms with van der Waals surface area (Å²) in [5, 5.41) is 1.24. The van der Waals surface area contributed by atoms with Gasteiger partial charge in [-0.3, -0.25) is 0 Å². The van der Waals surface area contributed by atoms with E-state index in [4.69, 9.17) is 4.74 Å². The summed E-state index contributed by atoms with van der Waals surface area (Å²) in [5.41, 5.74) is 7.07. The predicted molar refractivity (Wildman–Crippen MR) is 118 cm³/mol. The summed E-state index contributed by atoms with van der Waals surface area (Å²) in [5.74, 6) is 0. The fraction of sp³-hybridized carbons (Fsp3) is 0.400. The van der Waals surface area contributed by atoms with Crippen molar-refractivity contribution < 1.29 is 9.53 Å². The quantitative estimate of drug-likeness (QED) is 0.543. The molecule has 0 atom stereocenters. The smallest absolute Gasteiger partial charge is 0.410 e. The molecule has 0 aliphatic carbocycles. The van der Waals surface area contributed by atoms with Gasteiger partial charge in [0.25, 0.3) is 0 Å². The molecule has 0 unspecified atom stereocenters. The van der Waals surface area contributed by atoms with Gasteiger partial charge < -0.3 is 14.2 Å². The van der Waals surface area contributed by atoms with Gasteiger partial charge >= 0.3 is 6.09 Å². The first-order chi connectivity index (χ1) is 13.8. The number of carbonyl (C=O) groups excluding carboxylic acids is 1. The molecule has 0 saturated carbocycles. The number of benzene rings is 2. The van der Waals surface area contributed by atoms with Crippen LogP contribution in [0.1, 0.15) is 44.5 Å². The Morgan fingerprint density at radius 3 is 2.41 bits per heavy atom. The zero-order valence-corrected chi connectivity index (χ0v) is 18.1. The van der Waals surface area contributed by atoms with Gasteiger partial charge in [0.1, 0.15) is 5.60 Å². The number of carbonyl (C=O) groups is 1. The number of rotatable bonds is 2. The number of nitrogens with zero attached hydrogens (tertiary/aromatic N) is 2. The third-order valence-corrected chi connectivity index (χ3v) is 5.61. The second-order valence-electron chi connectivity index (χ2n) is 8.92. The number of amides is 1. The molecular weight excluding hydrogens is 360 g/mol. The van der Waals surface area contributed by atoms with Crippen LogP contribution in [0.25, 0.3) is 22.0 Å². The molecule has 0 radical (unpaired) electrons. The van der Waals surface area contributed by atoms with E-state index in [0.29, 0.717) is 13.1 Å². The Bertz CT molecular complexity index is 1060. The van der Waals surface area contributed by atoms with Crippen molar-refractivity contribution >= 4 is 17.0 Å². The van der Waals surface area contributed by atoms with Crippen LogP contribution >= 0.6 is 0 Å². The molecule has 4 heteroatoms. The van der Waals surface area contributed by atoms with Gasteiger partial charge in [-0.25, -0.2) is 4.79 Å². The van der Waals surface area contributed by atoms with E-state index < -0.39 is 5.60 Å². The highest BCUT2D eigenvalue weighted by molar-refractivity contribution is 5.90. The molecule has 3 aromatic rings. The fourth-order valence-corrected chi connectivity index (χ4v) is 4.22. The van der Waals surface area contributed by atoms with Crippen molar-refractivity contribution in [2.75, 3.05) is 6.54 Å². The highest BCUT2D eigenvalue weighted by Gasteiger charge is 2.29. The predicted octanol–water partition coefficient (Wildman–Crippen LogP) is 5.93. The maximum Gasteiger partial charge on any atom is 0.410 e. The molecule has 4 rings (SSSR count). The van der Waals surface area contributed by atoms with Crippen LogP contribution < -0.4 is 0 Å². The summed E-state index contributed by atoms with van der Waals surface area (Å²) in [6.45, 7) is 12.3. The summed E-state index contributed by atoms with van der Waals surface area (Å²) < 4.78 is 8.02. The number of aryl methyl sites for hydroxylation is 2. The number of ether oxygens (including phenoxy) is 1. The van der Waals surface area contributed by atoms with Gasteiger partial charge in [-0.2, -0.15) is 0 Å². The minimum atomic E-state index is -0.479. The molecular formula is C25H30N2O2. The van der Waals surface area contributed by atoms with Crippen molar-refractivity contribution in [2.24, 2.45) is 0 Å². The second kappa shape index (κ2) is 7.25. The fourth-order valence-electron chi connectivity index (χ4n) is 4.22. The van der Waals surface area contributed by atoms with Crippen LogP contribution in [0.5, 0.6) is 0 Å². The first-order valence-corrected chi connectivity index (χ1v) is 10.5. The van der Waals surface area contributed by atoms with Crippen molar-refractivity contribution in [2.45, 2.75) is 59.7 Å². The van der Waals surface area contributed by atoms with E-state index in [2.05, 4.69) is 60.9 Å². The van der Waals surface area contributed by atoms with E-state index in [1.165, 1.54) is 38.9 Å². The highest BCUT2D eigenvalue weighted by Crippen LogP contribution is 2.34. The number of hydrogen-bond donors (Lipinski definition) is 0. The lowest BCUT2D eigenvalue weighted by molar-refractivity contribution is 0.0223. The largest absolute Gasteiger partial charge is 0.444 e. The average Bonchev–Trinajstić information content (AvgIpc) is 2.99. The van der Waals surface area contributed by atoms with Gasteiger partial charge in [-0.15, -0.1) is 0 Å². The Labute approximate surface area is 173 Å². The van der Waals surface area contributed by atoms with Crippen LogP contribution in [-0.4, -0.2) is 27.7 Å². The third-order valence-electron chi connectivity index (χ3n) is 5.61. The Morgan fingerprint density at radius 1 is 1.07 bits per heavy atom. The van der Waals surface area contributed by atoms with Gasteiger partial charge in [-0.1, -0.05) is 35.9 Å². The molecule has 0 spiro atoms. The van der Waals surface area contributed by atoms with Crippen LogP contribution in [0.2, 0.25) is 0 Å². The molecule has 0 fully saturated rings. The van der Waals surface area contributed by atoms with Crippen molar-refractivity contribution in [1.82, 2.24) is 9.47 Å². The van der Waals surface area contributed by atoms with Crippen molar-refractivity contribution in [1.29, 1.82) is 0 Å². The summed E-state index contributed by atoms with van der Waals surface area (Å²) in [4.78, 5) is 14.5. The van der Waals surface area contributed by atoms with Gasteiger partial charge in [-0.05, 0) is 57.9 Å². The Morgan fingerprint density at radius 2 is 1.76 bits per heavy atom. The first kappa shape index (κ1) is 19.6.